The van der Waals surface area contributed by atoms with Crippen molar-refractivity contribution in [2.24, 2.45) is 0 Å². The molecule has 6 heteroatoms. The van der Waals surface area contributed by atoms with Crippen LogP contribution < -0.4 is 5.32 Å². The molecule has 1 aromatic heterocycles. The molecule has 5 nitrogen and oxygen atoms in total. The molecule has 1 heterocycles. The first-order valence-electron chi connectivity index (χ1n) is 10.8. The number of rotatable bonds is 8. The van der Waals surface area contributed by atoms with Gasteiger partial charge in [0.1, 0.15) is 10.7 Å². The first-order chi connectivity index (χ1) is 16.1. The monoisotopic (exact) mass is 455 g/mol. The average molecular weight is 456 g/mol. The zero-order valence-electron chi connectivity index (χ0n) is 18.4. The Balaban J connectivity index is 1.49. The summed E-state index contributed by atoms with van der Waals surface area (Å²) in [5, 5.41) is 5.37. The highest BCUT2D eigenvalue weighted by Gasteiger charge is 2.20. The Morgan fingerprint density at radius 2 is 1.48 bits per heavy atom. The van der Waals surface area contributed by atoms with Crippen LogP contribution in [0.4, 0.5) is 0 Å². The molecule has 4 aromatic rings. The molecule has 0 aliphatic carbocycles. The number of aryl methyl sites for hydroxylation is 1. The van der Waals surface area contributed by atoms with Gasteiger partial charge in [0.05, 0.1) is 6.54 Å². The van der Waals surface area contributed by atoms with E-state index in [-0.39, 0.29) is 11.8 Å². The summed E-state index contributed by atoms with van der Waals surface area (Å²) >= 11 is 1.39. The summed E-state index contributed by atoms with van der Waals surface area (Å²) in [5.74, 6) is -0.275. The SMILES string of the molecule is Cc1ccccc1C(=O)N(Cc1ccccc1)Cc1nc(C(=O)NCc2ccccc2)cs1. The van der Waals surface area contributed by atoms with E-state index in [1.807, 2.05) is 91.9 Å². The predicted octanol–water partition coefficient (Wildman–Crippen LogP) is 5.22. The van der Waals surface area contributed by atoms with E-state index >= 15 is 0 Å². The Bertz CT molecular complexity index is 1220. The number of hydrogen-bond donors (Lipinski definition) is 1. The van der Waals surface area contributed by atoms with Crippen LogP contribution in [-0.4, -0.2) is 21.7 Å². The number of hydrogen-bond acceptors (Lipinski definition) is 4. The fourth-order valence-corrected chi connectivity index (χ4v) is 4.30. The van der Waals surface area contributed by atoms with Gasteiger partial charge in [0.25, 0.3) is 11.8 Å². The zero-order valence-corrected chi connectivity index (χ0v) is 19.2. The molecule has 0 aliphatic heterocycles. The second-order valence-electron chi connectivity index (χ2n) is 7.76. The number of thiazole rings is 1. The maximum atomic E-state index is 13.4. The van der Waals surface area contributed by atoms with Gasteiger partial charge in [-0.15, -0.1) is 11.3 Å². The van der Waals surface area contributed by atoms with Gasteiger partial charge in [0.15, 0.2) is 0 Å². The first-order valence-corrected chi connectivity index (χ1v) is 11.6. The van der Waals surface area contributed by atoms with Crippen LogP contribution in [-0.2, 0) is 19.6 Å². The molecule has 33 heavy (non-hydrogen) atoms. The third kappa shape index (κ3) is 5.93. The number of carbonyl (C=O) groups is 2. The van der Waals surface area contributed by atoms with Crippen molar-refractivity contribution in [1.82, 2.24) is 15.2 Å². The molecule has 1 N–H and O–H groups in total. The van der Waals surface area contributed by atoms with Crippen LogP contribution in [0.3, 0.4) is 0 Å². The summed E-state index contributed by atoms with van der Waals surface area (Å²) in [6, 6.07) is 27.2. The molecule has 2 amide bonds. The summed E-state index contributed by atoms with van der Waals surface area (Å²) in [4.78, 5) is 32.3. The Labute approximate surface area is 197 Å². The summed E-state index contributed by atoms with van der Waals surface area (Å²) in [6.45, 7) is 3.17. The molecule has 0 radical (unpaired) electrons. The van der Waals surface area contributed by atoms with Crippen LogP contribution in [0, 0.1) is 6.92 Å². The smallest absolute Gasteiger partial charge is 0.271 e. The normalized spacial score (nSPS) is 10.6. The van der Waals surface area contributed by atoms with Gasteiger partial charge in [-0.05, 0) is 29.7 Å². The third-order valence-electron chi connectivity index (χ3n) is 5.29. The van der Waals surface area contributed by atoms with Gasteiger partial charge in [0, 0.05) is 24.0 Å². The Hall–Kier alpha value is -3.77. The molecule has 0 bridgehead atoms. The maximum absolute atomic E-state index is 13.4. The van der Waals surface area contributed by atoms with E-state index in [4.69, 9.17) is 0 Å². The summed E-state index contributed by atoms with van der Waals surface area (Å²) in [6.07, 6.45) is 0. The van der Waals surface area contributed by atoms with Crippen molar-refractivity contribution in [1.29, 1.82) is 0 Å². The van der Waals surface area contributed by atoms with Crippen LogP contribution in [0.1, 0.15) is 42.5 Å². The number of carbonyl (C=O) groups excluding carboxylic acids is 2. The van der Waals surface area contributed by atoms with E-state index in [2.05, 4.69) is 10.3 Å². The second-order valence-corrected chi connectivity index (χ2v) is 8.70. The number of nitrogens with one attached hydrogen (secondary N) is 1. The van der Waals surface area contributed by atoms with Crippen molar-refractivity contribution >= 4 is 23.2 Å². The van der Waals surface area contributed by atoms with Gasteiger partial charge in [0.2, 0.25) is 0 Å². The van der Waals surface area contributed by atoms with Gasteiger partial charge < -0.3 is 10.2 Å². The first kappa shape index (κ1) is 22.4. The molecule has 3 aromatic carbocycles. The average Bonchev–Trinajstić information content (AvgIpc) is 3.32. The van der Waals surface area contributed by atoms with E-state index in [0.29, 0.717) is 30.9 Å². The van der Waals surface area contributed by atoms with E-state index in [1.165, 1.54) is 11.3 Å². The molecule has 0 atom stereocenters. The minimum Gasteiger partial charge on any atom is -0.347 e. The van der Waals surface area contributed by atoms with Crippen molar-refractivity contribution in [3.05, 3.63) is 123 Å². The lowest BCUT2D eigenvalue weighted by Crippen LogP contribution is -2.30. The van der Waals surface area contributed by atoms with Crippen molar-refractivity contribution in [2.75, 3.05) is 0 Å². The topological polar surface area (TPSA) is 62.3 Å². The molecule has 4 rings (SSSR count). The van der Waals surface area contributed by atoms with E-state index in [9.17, 15) is 9.59 Å². The third-order valence-corrected chi connectivity index (χ3v) is 6.12. The molecule has 0 unspecified atom stereocenters. The molecule has 0 saturated heterocycles. The fraction of sp³-hybridized carbons (Fsp3) is 0.148. The van der Waals surface area contributed by atoms with Crippen LogP contribution >= 0.6 is 11.3 Å². The maximum Gasteiger partial charge on any atom is 0.271 e. The molecular weight excluding hydrogens is 430 g/mol. The van der Waals surface area contributed by atoms with Gasteiger partial charge in [-0.1, -0.05) is 78.9 Å². The van der Waals surface area contributed by atoms with Crippen molar-refractivity contribution < 1.29 is 9.59 Å². The van der Waals surface area contributed by atoms with Crippen molar-refractivity contribution in [2.45, 2.75) is 26.6 Å². The van der Waals surface area contributed by atoms with Gasteiger partial charge in [-0.3, -0.25) is 9.59 Å². The Morgan fingerprint density at radius 3 is 2.18 bits per heavy atom. The zero-order chi connectivity index (χ0) is 23.0. The van der Waals surface area contributed by atoms with Crippen LogP contribution in [0.2, 0.25) is 0 Å². The van der Waals surface area contributed by atoms with Crippen LogP contribution in [0.5, 0.6) is 0 Å². The minimum atomic E-state index is -0.221. The second kappa shape index (κ2) is 10.7. The molecule has 0 saturated carbocycles. The van der Waals surface area contributed by atoms with Crippen LogP contribution in [0.15, 0.2) is 90.3 Å². The molecule has 166 valence electrons. The molecule has 0 fully saturated rings. The van der Waals surface area contributed by atoms with E-state index in [1.54, 1.807) is 10.3 Å². The molecular formula is C27H25N3O2S. The van der Waals surface area contributed by atoms with E-state index in [0.717, 1.165) is 21.7 Å². The summed E-state index contributed by atoms with van der Waals surface area (Å²) in [5.41, 5.74) is 4.04. The number of amides is 2. The highest BCUT2D eigenvalue weighted by atomic mass is 32.1. The molecule has 0 aliphatic rings. The largest absolute Gasteiger partial charge is 0.347 e. The van der Waals surface area contributed by atoms with E-state index < -0.39 is 0 Å². The number of aromatic nitrogens is 1. The van der Waals surface area contributed by atoms with Gasteiger partial charge >= 0.3 is 0 Å². The Kier molecular flexibility index (Phi) is 7.27. The predicted molar refractivity (Wildman–Crippen MR) is 131 cm³/mol. The summed E-state index contributed by atoms with van der Waals surface area (Å²) < 4.78 is 0. The molecule has 0 spiro atoms. The van der Waals surface area contributed by atoms with Crippen molar-refractivity contribution in [3.8, 4) is 0 Å². The Morgan fingerprint density at radius 1 is 0.848 bits per heavy atom. The standard InChI is InChI=1S/C27H25N3O2S/c1-20-10-8-9-15-23(20)27(32)30(17-22-13-6-3-7-14-22)18-25-29-24(19-33-25)26(31)28-16-21-11-4-2-5-12-21/h2-15,19H,16-18H2,1H3,(H,28,31). The number of benzene rings is 3. The minimum absolute atomic E-state index is 0.0535. The highest BCUT2D eigenvalue weighted by molar-refractivity contribution is 7.09. The lowest BCUT2D eigenvalue weighted by Gasteiger charge is -2.23. The van der Waals surface area contributed by atoms with Crippen LogP contribution in [0.25, 0.3) is 0 Å². The fourth-order valence-electron chi connectivity index (χ4n) is 3.51. The quantitative estimate of drug-likeness (QED) is 0.396. The van der Waals surface area contributed by atoms with Gasteiger partial charge in [-0.2, -0.15) is 0 Å². The summed E-state index contributed by atoms with van der Waals surface area (Å²) in [7, 11) is 0. The highest BCUT2D eigenvalue weighted by Crippen LogP contribution is 2.19. The lowest BCUT2D eigenvalue weighted by atomic mass is 10.1. The lowest BCUT2D eigenvalue weighted by molar-refractivity contribution is 0.0729. The van der Waals surface area contributed by atoms with Crippen molar-refractivity contribution in [3.63, 3.8) is 0 Å². The van der Waals surface area contributed by atoms with Gasteiger partial charge in [-0.25, -0.2) is 4.98 Å². The number of nitrogens with zero attached hydrogens (tertiary/aromatic N) is 2.